The Hall–Kier alpha value is -0.910. The van der Waals surface area contributed by atoms with E-state index in [-0.39, 0.29) is 6.61 Å². The normalized spacial score (nSPS) is 11.1. The summed E-state index contributed by atoms with van der Waals surface area (Å²) in [6.45, 7) is 6.51. The van der Waals surface area contributed by atoms with Gasteiger partial charge in [-0.2, -0.15) is 0 Å². The van der Waals surface area contributed by atoms with Crippen LogP contribution in [-0.4, -0.2) is 40.8 Å². The van der Waals surface area contributed by atoms with E-state index >= 15 is 0 Å². The number of aromatic carboxylic acids is 1. The van der Waals surface area contributed by atoms with Crippen molar-refractivity contribution in [3.05, 3.63) is 21.4 Å². The molecule has 0 spiro atoms. The third-order valence-electron chi connectivity index (χ3n) is 2.87. The second kappa shape index (κ2) is 7.51. The quantitative estimate of drug-likeness (QED) is 0.762. The van der Waals surface area contributed by atoms with Gasteiger partial charge in [-0.15, -0.1) is 11.3 Å². The molecule has 0 aromatic carbocycles. The number of aliphatic hydroxyl groups excluding tert-OH is 1. The van der Waals surface area contributed by atoms with E-state index in [9.17, 15) is 4.79 Å². The highest BCUT2D eigenvalue weighted by atomic mass is 32.1. The molecule has 0 bridgehead atoms. The van der Waals surface area contributed by atoms with Crippen LogP contribution < -0.4 is 0 Å². The van der Waals surface area contributed by atoms with Gasteiger partial charge >= 0.3 is 5.97 Å². The number of carboxylic acids is 1. The maximum Gasteiger partial charge on any atom is 0.345 e. The summed E-state index contributed by atoms with van der Waals surface area (Å²) >= 11 is 1.32. The molecule has 5 heteroatoms. The third-order valence-corrected chi connectivity index (χ3v) is 3.95. The Morgan fingerprint density at radius 2 is 2.17 bits per heavy atom. The molecule has 0 aliphatic carbocycles. The molecule has 2 N–H and O–H groups in total. The van der Waals surface area contributed by atoms with Gasteiger partial charge in [-0.25, -0.2) is 4.79 Å². The summed E-state index contributed by atoms with van der Waals surface area (Å²) in [4.78, 5) is 14.5. The summed E-state index contributed by atoms with van der Waals surface area (Å²) in [5.74, 6) is -0.864. The highest BCUT2D eigenvalue weighted by molar-refractivity contribution is 7.14. The van der Waals surface area contributed by atoms with Gasteiger partial charge in [0.2, 0.25) is 0 Å². The molecule has 0 saturated carbocycles. The number of hydrogen-bond donors (Lipinski definition) is 2. The van der Waals surface area contributed by atoms with Crippen LogP contribution in [0, 0.1) is 6.92 Å². The summed E-state index contributed by atoms with van der Waals surface area (Å²) < 4.78 is 0. The lowest BCUT2D eigenvalue weighted by Gasteiger charge is -2.20. The molecule has 0 aliphatic heterocycles. The zero-order valence-corrected chi connectivity index (χ0v) is 11.8. The fraction of sp³-hybridized carbons (Fsp3) is 0.615. The van der Waals surface area contributed by atoms with Crippen molar-refractivity contribution in [3.8, 4) is 0 Å². The third kappa shape index (κ3) is 4.40. The van der Waals surface area contributed by atoms with Crippen LogP contribution in [0.15, 0.2) is 6.07 Å². The van der Waals surface area contributed by atoms with Crippen molar-refractivity contribution in [1.82, 2.24) is 4.90 Å². The van der Waals surface area contributed by atoms with E-state index in [1.807, 2.05) is 6.92 Å². The lowest BCUT2D eigenvalue weighted by molar-refractivity contribution is 0.0702. The molecule has 1 aromatic heterocycles. The van der Waals surface area contributed by atoms with Crippen LogP contribution >= 0.6 is 11.3 Å². The van der Waals surface area contributed by atoms with E-state index < -0.39 is 5.97 Å². The zero-order chi connectivity index (χ0) is 13.5. The summed E-state index contributed by atoms with van der Waals surface area (Å²) in [5, 5.41) is 18.0. The maximum atomic E-state index is 10.9. The average molecular weight is 271 g/mol. The van der Waals surface area contributed by atoms with Crippen LogP contribution in [-0.2, 0) is 6.54 Å². The number of unbranched alkanes of at least 4 members (excludes halogenated alkanes) is 1. The van der Waals surface area contributed by atoms with Gasteiger partial charge in [0.15, 0.2) is 0 Å². The van der Waals surface area contributed by atoms with Gasteiger partial charge in [0.05, 0.1) is 6.61 Å². The molecule has 1 rings (SSSR count). The van der Waals surface area contributed by atoms with E-state index in [1.165, 1.54) is 11.3 Å². The molecule has 0 unspecified atom stereocenters. The fourth-order valence-corrected chi connectivity index (χ4v) is 2.69. The molecule has 1 heterocycles. The molecule has 0 fully saturated rings. The summed E-state index contributed by atoms with van der Waals surface area (Å²) in [7, 11) is 0. The number of aliphatic hydroxyl groups is 1. The molecule has 0 aliphatic rings. The van der Waals surface area contributed by atoms with E-state index in [1.54, 1.807) is 6.07 Å². The molecule has 0 amide bonds. The van der Waals surface area contributed by atoms with E-state index in [0.29, 0.717) is 11.4 Å². The van der Waals surface area contributed by atoms with Gasteiger partial charge in [-0.05, 0) is 31.5 Å². The Morgan fingerprint density at radius 1 is 1.44 bits per heavy atom. The first-order valence-corrected chi connectivity index (χ1v) is 7.06. The van der Waals surface area contributed by atoms with Gasteiger partial charge in [0, 0.05) is 18.0 Å². The first kappa shape index (κ1) is 15.1. The predicted molar refractivity (Wildman–Crippen MR) is 73.3 cm³/mol. The van der Waals surface area contributed by atoms with E-state index in [4.69, 9.17) is 10.2 Å². The van der Waals surface area contributed by atoms with Crippen LogP contribution in [0.3, 0.4) is 0 Å². The van der Waals surface area contributed by atoms with Crippen molar-refractivity contribution in [3.63, 3.8) is 0 Å². The first-order valence-electron chi connectivity index (χ1n) is 6.24. The van der Waals surface area contributed by atoms with Crippen molar-refractivity contribution in [2.75, 3.05) is 19.7 Å². The zero-order valence-electron chi connectivity index (χ0n) is 11.0. The molecule has 0 radical (unpaired) electrons. The van der Waals surface area contributed by atoms with Crippen LogP contribution in [0.4, 0.5) is 0 Å². The number of nitrogens with zero attached hydrogens (tertiary/aromatic N) is 1. The Morgan fingerprint density at radius 3 is 2.67 bits per heavy atom. The second-order valence-corrected chi connectivity index (χ2v) is 5.61. The Kier molecular flexibility index (Phi) is 6.32. The molecular weight excluding hydrogens is 250 g/mol. The minimum atomic E-state index is -0.864. The molecule has 102 valence electrons. The molecule has 1 aromatic rings. The second-order valence-electron chi connectivity index (χ2n) is 4.35. The first-order chi connectivity index (χ1) is 8.58. The summed E-state index contributed by atoms with van der Waals surface area (Å²) in [6.07, 6.45) is 2.21. The van der Waals surface area contributed by atoms with Crippen molar-refractivity contribution >= 4 is 17.3 Å². The smallest absolute Gasteiger partial charge is 0.345 e. The number of rotatable bonds is 8. The molecule has 0 atom stereocenters. The Bertz CT molecular complexity index is 390. The number of aryl methyl sites for hydroxylation is 1. The van der Waals surface area contributed by atoms with E-state index in [2.05, 4.69) is 11.8 Å². The molecule has 18 heavy (non-hydrogen) atoms. The number of thiophene rings is 1. The SMILES string of the molecule is CCCCN(CCO)Cc1cc(C(=O)O)sc1C. The minimum Gasteiger partial charge on any atom is -0.477 e. The van der Waals surface area contributed by atoms with Crippen molar-refractivity contribution < 1.29 is 15.0 Å². The average Bonchev–Trinajstić information content (AvgIpc) is 2.68. The van der Waals surface area contributed by atoms with Gasteiger partial charge in [0.25, 0.3) is 0 Å². The van der Waals surface area contributed by atoms with Crippen LogP contribution in [0.25, 0.3) is 0 Å². The van der Waals surface area contributed by atoms with Crippen molar-refractivity contribution in [2.45, 2.75) is 33.2 Å². The lowest BCUT2D eigenvalue weighted by Crippen LogP contribution is -2.27. The number of hydrogen-bond acceptors (Lipinski definition) is 4. The largest absolute Gasteiger partial charge is 0.477 e. The van der Waals surface area contributed by atoms with Gasteiger partial charge < -0.3 is 10.2 Å². The molecule has 0 saturated heterocycles. The maximum absolute atomic E-state index is 10.9. The minimum absolute atomic E-state index is 0.138. The Balaban J connectivity index is 2.70. The fourth-order valence-electron chi connectivity index (χ4n) is 1.82. The Labute approximate surface area is 112 Å². The molecular formula is C13H21NO3S. The van der Waals surface area contributed by atoms with Gasteiger partial charge in [-0.3, -0.25) is 4.90 Å². The van der Waals surface area contributed by atoms with Gasteiger partial charge in [-0.1, -0.05) is 13.3 Å². The monoisotopic (exact) mass is 271 g/mol. The predicted octanol–water partition coefficient (Wildman–Crippen LogP) is 2.35. The summed E-state index contributed by atoms with van der Waals surface area (Å²) in [6, 6.07) is 1.75. The standard InChI is InChI=1S/C13H21NO3S/c1-3-4-5-14(6-7-15)9-11-8-12(13(16)17)18-10(11)2/h8,15H,3-7,9H2,1-2H3,(H,16,17). The molecule has 4 nitrogen and oxygen atoms in total. The lowest BCUT2D eigenvalue weighted by atomic mass is 10.2. The highest BCUT2D eigenvalue weighted by Crippen LogP contribution is 2.23. The van der Waals surface area contributed by atoms with E-state index in [0.717, 1.165) is 36.4 Å². The van der Waals surface area contributed by atoms with Crippen LogP contribution in [0.5, 0.6) is 0 Å². The van der Waals surface area contributed by atoms with Gasteiger partial charge in [0.1, 0.15) is 4.88 Å². The van der Waals surface area contributed by atoms with Crippen LogP contribution in [0.2, 0.25) is 0 Å². The topological polar surface area (TPSA) is 60.8 Å². The van der Waals surface area contributed by atoms with Crippen molar-refractivity contribution in [2.24, 2.45) is 0 Å². The number of carboxylic acid groups (broad SMARTS) is 1. The van der Waals surface area contributed by atoms with Crippen molar-refractivity contribution in [1.29, 1.82) is 0 Å². The highest BCUT2D eigenvalue weighted by Gasteiger charge is 2.13. The summed E-state index contributed by atoms with van der Waals surface area (Å²) in [5.41, 5.74) is 1.06. The van der Waals surface area contributed by atoms with Crippen LogP contribution in [0.1, 0.15) is 39.9 Å². The number of carbonyl (C=O) groups is 1.